The molecule has 1 aromatic carbocycles. The van der Waals surface area contributed by atoms with Crippen LogP contribution in [-0.2, 0) is 0 Å². The SMILES string of the molecule is CCCN(C(N)=O)c1ccc(OC)cc1. The van der Waals surface area contributed by atoms with Crippen LogP contribution in [0, 0.1) is 0 Å². The summed E-state index contributed by atoms with van der Waals surface area (Å²) in [7, 11) is 1.60. The summed E-state index contributed by atoms with van der Waals surface area (Å²) >= 11 is 0. The molecule has 0 aliphatic carbocycles. The van der Waals surface area contributed by atoms with Crippen molar-refractivity contribution in [2.75, 3.05) is 18.6 Å². The first kappa shape index (κ1) is 11.4. The third-order valence-corrected chi connectivity index (χ3v) is 2.10. The monoisotopic (exact) mass is 208 g/mol. The van der Waals surface area contributed by atoms with Gasteiger partial charge in [-0.2, -0.15) is 0 Å². The van der Waals surface area contributed by atoms with E-state index in [0.717, 1.165) is 17.9 Å². The van der Waals surface area contributed by atoms with Crippen molar-refractivity contribution in [2.24, 2.45) is 5.73 Å². The molecule has 0 heterocycles. The Labute approximate surface area is 89.6 Å². The van der Waals surface area contributed by atoms with Gasteiger partial charge >= 0.3 is 6.03 Å². The van der Waals surface area contributed by atoms with Gasteiger partial charge in [0.05, 0.1) is 7.11 Å². The zero-order valence-corrected chi connectivity index (χ0v) is 9.06. The van der Waals surface area contributed by atoms with Crippen LogP contribution in [0.15, 0.2) is 24.3 Å². The summed E-state index contributed by atoms with van der Waals surface area (Å²) in [6.07, 6.45) is 0.870. The van der Waals surface area contributed by atoms with Crippen LogP contribution < -0.4 is 15.4 Å². The Bertz CT molecular complexity index is 322. The van der Waals surface area contributed by atoms with Crippen molar-refractivity contribution >= 4 is 11.7 Å². The minimum absolute atomic E-state index is 0.429. The Morgan fingerprint density at radius 3 is 2.40 bits per heavy atom. The minimum atomic E-state index is -0.429. The molecule has 4 heteroatoms. The van der Waals surface area contributed by atoms with Gasteiger partial charge in [0.25, 0.3) is 0 Å². The fraction of sp³-hybridized carbons (Fsp3) is 0.364. The number of anilines is 1. The molecule has 1 rings (SSSR count). The van der Waals surface area contributed by atoms with E-state index in [1.807, 2.05) is 19.1 Å². The number of primary amides is 1. The van der Waals surface area contributed by atoms with E-state index in [9.17, 15) is 4.79 Å². The van der Waals surface area contributed by atoms with Crippen molar-refractivity contribution in [2.45, 2.75) is 13.3 Å². The largest absolute Gasteiger partial charge is 0.497 e. The number of hydrogen-bond acceptors (Lipinski definition) is 2. The van der Waals surface area contributed by atoms with Crippen molar-refractivity contribution in [1.82, 2.24) is 0 Å². The molecule has 0 atom stereocenters. The highest BCUT2D eigenvalue weighted by atomic mass is 16.5. The van der Waals surface area contributed by atoms with Gasteiger partial charge in [-0.1, -0.05) is 6.92 Å². The number of amides is 2. The van der Waals surface area contributed by atoms with Gasteiger partial charge in [0.1, 0.15) is 5.75 Å². The van der Waals surface area contributed by atoms with Gasteiger partial charge in [0.15, 0.2) is 0 Å². The Morgan fingerprint density at radius 2 is 2.00 bits per heavy atom. The maximum absolute atomic E-state index is 11.2. The molecule has 0 fully saturated rings. The molecule has 0 aromatic heterocycles. The van der Waals surface area contributed by atoms with E-state index in [2.05, 4.69) is 0 Å². The molecule has 0 saturated heterocycles. The van der Waals surface area contributed by atoms with Gasteiger partial charge in [0.2, 0.25) is 0 Å². The summed E-state index contributed by atoms with van der Waals surface area (Å²) in [6, 6.07) is 6.82. The predicted molar refractivity (Wildman–Crippen MR) is 60.2 cm³/mol. The molecule has 15 heavy (non-hydrogen) atoms. The van der Waals surface area contributed by atoms with E-state index < -0.39 is 6.03 Å². The maximum Gasteiger partial charge on any atom is 0.319 e. The van der Waals surface area contributed by atoms with Crippen LogP contribution in [0.5, 0.6) is 5.75 Å². The Balaban J connectivity index is 2.86. The van der Waals surface area contributed by atoms with E-state index in [1.54, 1.807) is 24.1 Å². The lowest BCUT2D eigenvalue weighted by atomic mass is 10.2. The number of hydrogen-bond donors (Lipinski definition) is 1. The molecule has 4 nitrogen and oxygen atoms in total. The number of nitrogens with two attached hydrogens (primary N) is 1. The summed E-state index contributed by atoms with van der Waals surface area (Å²) in [5, 5.41) is 0. The highest BCUT2D eigenvalue weighted by Crippen LogP contribution is 2.19. The second-order valence-electron chi connectivity index (χ2n) is 3.19. The molecule has 0 unspecified atom stereocenters. The molecule has 2 N–H and O–H groups in total. The number of nitrogens with zero attached hydrogens (tertiary/aromatic N) is 1. The van der Waals surface area contributed by atoms with Crippen molar-refractivity contribution in [3.05, 3.63) is 24.3 Å². The zero-order valence-electron chi connectivity index (χ0n) is 9.06. The van der Waals surface area contributed by atoms with Crippen molar-refractivity contribution in [3.8, 4) is 5.75 Å². The molecule has 82 valence electrons. The highest BCUT2D eigenvalue weighted by Gasteiger charge is 2.10. The Morgan fingerprint density at radius 1 is 1.40 bits per heavy atom. The number of benzene rings is 1. The number of ether oxygens (including phenoxy) is 1. The van der Waals surface area contributed by atoms with Gasteiger partial charge in [-0.25, -0.2) is 4.79 Å². The summed E-state index contributed by atoms with van der Waals surface area (Å²) < 4.78 is 5.03. The average molecular weight is 208 g/mol. The Kier molecular flexibility index (Phi) is 3.97. The highest BCUT2D eigenvalue weighted by molar-refractivity contribution is 5.90. The van der Waals surface area contributed by atoms with E-state index in [0.29, 0.717) is 6.54 Å². The fourth-order valence-electron chi connectivity index (χ4n) is 1.35. The molecule has 0 aliphatic heterocycles. The first-order valence-corrected chi connectivity index (χ1v) is 4.90. The van der Waals surface area contributed by atoms with Crippen LogP contribution in [0.4, 0.5) is 10.5 Å². The van der Waals surface area contributed by atoms with Crippen LogP contribution in [0.25, 0.3) is 0 Å². The predicted octanol–water partition coefficient (Wildman–Crippen LogP) is 1.99. The first-order valence-electron chi connectivity index (χ1n) is 4.90. The lowest BCUT2D eigenvalue weighted by Gasteiger charge is -2.19. The van der Waals surface area contributed by atoms with Crippen LogP contribution in [0.3, 0.4) is 0 Å². The van der Waals surface area contributed by atoms with E-state index in [4.69, 9.17) is 10.5 Å². The zero-order chi connectivity index (χ0) is 11.3. The van der Waals surface area contributed by atoms with E-state index >= 15 is 0 Å². The average Bonchev–Trinajstić information content (AvgIpc) is 2.26. The molecule has 0 bridgehead atoms. The molecule has 0 radical (unpaired) electrons. The standard InChI is InChI=1S/C11H16N2O2/c1-3-8-13(11(12)14)9-4-6-10(15-2)7-5-9/h4-7H,3,8H2,1-2H3,(H2,12,14). The Hall–Kier alpha value is -1.71. The molecule has 1 aromatic rings. The van der Waals surface area contributed by atoms with E-state index in [1.165, 1.54) is 0 Å². The van der Waals surface area contributed by atoms with Crippen LogP contribution in [0.2, 0.25) is 0 Å². The van der Waals surface area contributed by atoms with Crippen molar-refractivity contribution in [1.29, 1.82) is 0 Å². The quantitative estimate of drug-likeness (QED) is 0.822. The minimum Gasteiger partial charge on any atom is -0.497 e. The fourth-order valence-corrected chi connectivity index (χ4v) is 1.35. The first-order chi connectivity index (χ1) is 7.19. The molecular formula is C11H16N2O2. The number of carbonyl (C=O) groups excluding carboxylic acids is 1. The van der Waals surface area contributed by atoms with Gasteiger partial charge in [-0.3, -0.25) is 4.90 Å². The smallest absolute Gasteiger partial charge is 0.319 e. The number of urea groups is 1. The summed E-state index contributed by atoms with van der Waals surface area (Å²) in [6.45, 7) is 2.63. The van der Waals surface area contributed by atoms with Crippen molar-refractivity contribution < 1.29 is 9.53 Å². The van der Waals surface area contributed by atoms with Crippen LogP contribution in [0.1, 0.15) is 13.3 Å². The molecule has 2 amide bonds. The third-order valence-electron chi connectivity index (χ3n) is 2.10. The van der Waals surface area contributed by atoms with Crippen molar-refractivity contribution in [3.63, 3.8) is 0 Å². The molecule has 0 spiro atoms. The lowest BCUT2D eigenvalue weighted by molar-refractivity contribution is 0.254. The molecule has 0 aliphatic rings. The topological polar surface area (TPSA) is 55.6 Å². The second kappa shape index (κ2) is 5.24. The number of methoxy groups -OCH3 is 1. The van der Waals surface area contributed by atoms with Gasteiger partial charge < -0.3 is 10.5 Å². The van der Waals surface area contributed by atoms with Crippen LogP contribution in [-0.4, -0.2) is 19.7 Å². The number of carbonyl (C=O) groups is 1. The summed E-state index contributed by atoms with van der Waals surface area (Å²) in [5.41, 5.74) is 6.08. The van der Waals surface area contributed by atoms with Gasteiger partial charge in [-0.15, -0.1) is 0 Å². The maximum atomic E-state index is 11.2. The second-order valence-corrected chi connectivity index (χ2v) is 3.19. The molecule has 0 saturated carbocycles. The molecular weight excluding hydrogens is 192 g/mol. The van der Waals surface area contributed by atoms with Gasteiger partial charge in [-0.05, 0) is 30.7 Å². The summed E-state index contributed by atoms with van der Waals surface area (Å²) in [4.78, 5) is 12.7. The number of rotatable bonds is 4. The van der Waals surface area contributed by atoms with E-state index in [-0.39, 0.29) is 0 Å². The van der Waals surface area contributed by atoms with Gasteiger partial charge in [0, 0.05) is 12.2 Å². The lowest BCUT2D eigenvalue weighted by Crippen LogP contribution is -2.36. The van der Waals surface area contributed by atoms with Crippen LogP contribution >= 0.6 is 0 Å². The normalized spacial score (nSPS) is 9.73. The third kappa shape index (κ3) is 2.87. The summed E-state index contributed by atoms with van der Waals surface area (Å²) in [5.74, 6) is 0.764.